The van der Waals surface area contributed by atoms with Crippen LogP contribution in [0.25, 0.3) is 0 Å². The van der Waals surface area contributed by atoms with Crippen LogP contribution in [0.1, 0.15) is 38.2 Å². The van der Waals surface area contributed by atoms with E-state index in [-0.39, 0.29) is 37.3 Å². The van der Waals surface area contributed by atoms with Gasteiger partial charge in [0.05, 0.1) is 11.1 Å². The number of hydrogen-bond donors (Lipinski definition) is 2. The lowest BCUT2D eigenvalue weighted by Gasteiger charge is -2.44. The van der Waals surface area contributed by atoms with Gasteiger partial charge in [-0.15, -0.1) is 24.8 Å². The van der Waals surface area contributed by atoms with Crippen LogP contribution >= 0.6 is 24.8 Å². The van der Waals surface area contributed by atoms with Crippen molar-refractivity contribution in [1.29, 1.82) is 0 Å². The summed E-state index contributed by atoms with van der Waals surface area (Å²) < 4.78 is 82.1. The summed E-state index contributed by atoms with van der Waals surface area (Å²) in [5.41, 5.74) is 2.26. The molecular formula is C23H25Cl2F6N3O. The Kier molecular flexibility index (Phi) is 8.80. The second-order valence-corrected chi connectivity index (χ2v) is 8.67. The number of carbonyl (C=O) groups is 1. The number of fused-ring (bicyclic) bond motifs is 1. The standard InChI is InChI=1S/C23H23F6N3O.2ClH/c24-22(25,26)16-9-17(20(30)33)18(19(10-16)23(27,28)29)13-21(32-7-5-31-6-8-32)11-14-3-1-2-4-15(14)12-21;;/h1-4,9-10,31H,5-8,11-13H2,(H2,30,33);2*1H. The number of alkyl halides is 6. The summed E-state index contributed by atoms with van der Waals surface area (Å²) in [6.45, 7) is 2.42. The smallest absolute Gasteiger partial charge is 0.366 e. The van der Waals surface area contributed by atoms with Crippen molar-refractivity contribution in [1.82, 2.24) is 10.2 Å². The highest BCUT2D eigenvalue weighted by Crippen LogP contribution is 2.43. The first-order valence-electron chi connectivity index (χ1n) is 10.5. The van der Waals surface area contributed by atoms with Gasteiger partial charge in [0, 0.05) is 37.3 Å². The Morgan fingerprint density at radius 2 is 1.49 bits per heavy atom. The Labute approximate surface area is 211 Å². The first kappa shape index (κ1) is 29.2. The SMILES string of the molecule is Cl.Cl.NC(=O)c1cc(C(F)(F)F)cc(C(F)(F)F)c1CC1(N2CCNCC2)Cc2ccccc2C1. The van der Waals surface area contributed by atoms with E-state index in [1.807, 2.05) is 24.3 Å². The number of nitrogens with zero attached hydrogens (tertiary/aromatic N) is 1. The molecule has 4 rings (SSSR count). The molecule has 0 bridgehead atoms. The predicted molar refractivity (Wildman–Crippen MR) is 124 cm³/mol. The second kappa shape index (κ2) is 10.5. The molecule has 0 radical (unpaired) electrons. The van der Waals surface area contributed by atoms with E-state index in [1.54, 1.807) is 0 Å². The third-order valence-corrected chi connectivity index (χ3v) is 6.60. The highest BCUT2D eigenvalue weighted by atomic mass is 35.5. The van der Waals surface area contributed by atoms with Gasteiger partial charge < -0.3 is 11.1 Å². The molecule has 0 unspecified atom stereocenters. The maximum Gasteiger partial charge on any atom is 0.416 e. The number of nitrogens with one attached hydrogen (secondary N) is 1. The molecule has 1 aliphatic carbocycles. The Hall–Kier alpha value is -2.01. The average molecular weight is 544 g/mol. The fourth-order valence-corrected chi connectivity index (χ4v) is 5.10. The van der Waals surface area contributed by atoms with E-state index in [9.17, 15) is 31.1 Å². The average Bonchev–Trinajstić information content (AvgIpc) is 3.12. The number of amides is 1. The van der Waals surface area contributed by atoms with Gasteiger partial charge in [-0.1, -0.05) is 24.3 Å². The molecule has 0 atom stereocenters. The fourth-order valence-electron chi connectivity index (χ4n) is 5.10. The molecule has 1 heterocycles. The third kappa shape index (κ3) is 5.87. The molecule has 2 aromatic carbocycles. The van der Waals surface area contributed by atoms with Gasteiger partial charge in [0.1, 0.15) is 0 Å². The topological polar surface area (TPSA) is 58.4 Å². The second-order valence-electron chi connectivity index (χ2n) is 8.67. The quantitative estimate of drug-likeness (QED) is 0.552. The molecule has 1 amide bonds. The maximum atomic E-state index is 14.0. The summed E-state index contributed by atoms with van der Waals surface area (Å²) >= 11 is 0. The molecule has 194 valence electrons. The number of primary amides is 1. The summed E-state index contributed by atoms with van der Waals surface area (Å²) in [6, 6.07) is 8.05. The zero-order chi connectivity index (χ0) is 24.0. The van der Waals surface area contributed by atoms with Gasteiger partial charge in [0.15, 0.2) is 0 Å². The number of carbonyl (C=O) groups excluding carboxylic acids is 1. The van der Waals surface area contributed by atoms with E-state index in [4.69, 9.17) is 5.73 Å². The van der Waals surface area contributed by atoms with Gasteiger partial charge in [-0.3, -0.25) is 9.69 Å². The number of piperazine rings is 1. The molecule has 1 saturated heterocycles. The van der Waals surface area contributed by atoms with Crippen molar-refractivity contribution < 1.29 is 31.1 Å². The predicted octanol–water partition coefficient (Wildman–Crippen LogP) is 4.65. The molecule has 0 aromatic heterocycles. The molecular weight excluding hydrogens is 519 g/mol. The highest BCUT2D eigenvalue weighted by molar-refractivity contribution is 5.95. The molecule has 12 heteroatoms. The summed E-state index contributed by atoms with van der Waals surface area (Å²) in [5, 5.41) is 3.21. The van der Waals surface area contributed by atoms with E-state index >= 15 is 0 Å². The summed E-state index contributed by atoms with van der Waals surface area (Å²) in [5.74, 6) is -1.31. The van der Waals surface area contributed by atoms with Crippen LogP contribution in [0.3, 0.4) is 0 Å². The number of nitrogens with two attached hydrogens (primary N) is 1. The minimum Gasteiger partial charge on any atom is -0.366 e. The van der Waals surface area contributed by atoms with Crippen molar-refractivity contribution >= 4 is 30.7 Å². The van der Waals surface area contributed by atoms with Gasteiger partial charge in [0.2, 0.25) is 5.91 Å². The normalized spacial score (nSPS) is 17.8. The minimum absolute atomic E-state index is 0. The third-order valence-electron chi connectivity index (χ3n) is 6.60. The molecule has 0 spiro atoms. The van der Waals surface area contributed by atoms with Crippen LogP contribution in [-0.2, 0) is 31.6 Å². The lowest BCUT2D eigenvalue weighted by molar-refractivity contribution is -0.143. The molecule has 35 heavy (non-hydrogen) atoms. The molecule has 4 nitrogen and oxygen atoms in total. The first-order chi connectivity index (χ1) is 15.4. The lowest BCUT2D eigenvalue weighted by Crippen LogP contribution is -2.58. The highest BCUT2D eigenvalue weighted by Gasteiger charge is 2.46. The van der Waals surface area contributed by atoms with E-state index in [2.05, 4.69) is 10.2 Å². The Morgan fingerprint density at radius 1 is 0.943 bits per heavy atom. The lowest BCUT2D eigenvalue weighted by atomic mass is 9.81. The summed E-state index contributed by atoms with van der Waals surface area (Å²) in [6.07, 6.45) is -9.52. The molecule has 2 aromatic rings. The minimum atomic E-state index is -5.09. The van der Waals surface area contributed by atoms with E-state index in [0.717, 1.165) is 11.1 Å². The van der Waals surface area contributed by atoms with Gasteiger partial charge in [-0.05, 0) is 48.1 Å². The largest absolute Gasteiger partial charge is 0.416 e. The zero-order valence-electron chi connectivity index (χ0n) is 18.4. The van der Waals surface area contributed by atoms with Crippen molar-refractivity contribution in [3.05, 3.63) is 69.8 Å². The van der Waals surface area contributed by atoms with Crippen LogP contribution in [0.5, 0.6) is 0 Å². The zero-order valence-corrected chi connectivity index (χ0v) is 20.1. The van der Waals surface area contributed by atoms with Crippen LogP contribution in [0.2, 0.25) is 0 Å². The van der Waals surface area contributed by atoms with Crippen LogP contribution in [-0.4, -0.2) is 42.5 Å². The van der Waals surface area contributed by atoms with Crippen molar-refractivity contribution in [3.63, 3.8) is 0 Å². The number of rotatable bonds is 4. The Balaban J connectivity index is 0.00000216. The van der Waals surface area contributed by atoms with Crippen LogP contribution in [0.15, 0.2) is 36.4 Å². The van der Waals surface area contributed by atoms with Crippen molar-refractivity contribution in [2.45, 2.75) is 37.2 Å². The van der Waals surface area contributed by atoms with E-state index in [0.29, 0.717) is 45.1 Å². The molecule has 0 saturated carbocycles. The molecule has 1 aliphatic heterocycles. The number of hydrogen-bond acceptors (Lipinski definition) is 3. The first-order valence-corrected chi connectivity index (χ1v) is 10.5. The van der Waals surface area contributed by atoms with Gasteiger partial charge >= 0.3 is 12.4 Å². The van der Waals surface area contributed by atoms with E-state index < -0.39 is 46.1 Å². The van der Waals surface area contributed by atoms with Gasteiger partial charge in [0.25, 0.3) is 0 Å². The van der Waals surface area contributed by atoms with E-state index in [1.165, 1.54) is 0 Å². The number of halogens is 8. The molecule has 1 fully saturated rings. The Bertz CT molecular complexity index is 1040. The van der Waals surface area contributed by atoms with Crippen molar-refractivity contribution in [2.75, 3.05) is 26.2 Å². The van der Waals surface area contributed by atoms with Crippen molar-refractivity contribution in [2.24, 2.45) is 5.73 Å². The number of benzene rings is 2. The van der Waals surface area contributed by atoms with Crippen molar-refractivity contribution in [3.8, 4) is 0 Å². The van der Waals surface area contributed by atoms with Crippen LogP contribution in [0, 0.1) is 0 Å². The van der Waals surface area contributed by atoms with Gasteiger partial charge in [-0.2, -0.15) is 26.3 Å². The molecule has 2 aliphatic rings. The Morgan fingerprint density at radius 3 is 1.94 bits per heavy atom. The summed E-state index contributed by atoms with van der Waals surface area (Å²) in [4.78, 5) is 14.2. The summed E-state index contributed by atoms with van der Waals surface area (Å²) in [7, 11) is 0. The molecule has 3 N–H and O–H groups in total. The fraction of sp³-hybridized carbons (Fsp3) is 0.435. The van der Waals surface area contributed by atoms with Crippen LogP contribution in [0.4, 0.5) is 26.3 Å². The maximum absolute atomic E-state index is 14.0. The van der Waals surface area contributed by atoms with Crippen LogP contribution < -0.4 is 11.1 Å². The monoisotopic (exact) mass is 543 g/mol. The van der Waals surface area contributed by atoms with Gasteiger partial charge in [-0.25, -0.2) is 0 Å².